The fraction of sp³-hybridized carbons (Fsp3) is 0.316. The highest BCUT2D eigenvalue weighted by Crippen LogP contribution is 2.48. The number of carbonyl (C=O) groups is 1. The number of hydrogen-bond acceptors (Lipinski definition) is 1. The maximum atomic E-state index is 12.4. The number of halogens is 1. The molecule has 1 N–H and O–H groups in total. The highest BCUT2D eigenvalue weighted by molar-refractivity contribution is 6.30. The van der Waals surface area contributed by atoms with Gasteiger partial charge >= 0.3 is 0 Å². The van der Waals surface area contributed by atoms with Crippen LogP contribution < -0.4 is 5.32 Å². The zero-order chi connectivity index (χ0) is 15.7. The summed E-state index contributed by atoms with van der Waals surface area (Å²) in [6.45, 7) is 4.09. The van der Waals surface area contributed by atoms with Gasteiger partial charge in [-0.05, 0) is 49.4 Å². The number of aryl methyl sites for hydroxylation is 1. The third kappa shape index (κ3) is 3.33. The molecule has 22 heavy (non-hydrogen) atoms. The van der Waals surface area contributed by atoms with Crippen LogP contribution in [0.3, 0.4) is 0 Å². The Balaban J connectivity index is 1.60. The molecule has 2 nitrogen and oxygen atoms in total. The molecule has 1 saturated carbocycles. The van der Waals surface area contributed by atoms with E-state index in [2.05, 4.69) is 36.5 Å². The van der Waals surface area contributed by atoms with Gasteiger partial charge in [-0.3, -0.25) is 4.79 Å². The summed E-state index contributed by atoms with van der Waals surface area (Å²) >= 11 is 6.02. The minimum atomic E-state index is 0.0358. The lowest BCUT2D eigenvalue weighted by Gasteiger charge is -2.14. The summed E-state index contributed by atoms with van der Waals surface area (Å²) < 4.78 is 0. The molecule has 3 rings (SSSR count). The first-order valence-electron chi connectivity index (χ1n) is 7.67. The Kier molecular flexibility index (Phi) is 4.21. The van der Waals surface area contributed by atoms with Crippen molar-refractivity contribution in [2.75, 3.05) is 0 Å². The van der Waals surface area contributed by atoms with Gasteiger partial charge in [0.15, 0.2) is 0 Å². The first kappa shape index (κ1) is 15.1. The minimum Gasteiger partial charge on any atom is -0.349 e. The fourth-order valence-corrected chi connectivity index (χ4v) is 3.05. The predicted molar refractivity (Wildman–Crippen MR) is 90.0 cm³/mol. The summed E-state index contributed by atoms with van der Waals surface area (Å²) in [6, 6.07) is 16.1. The van der Waals surface area contributed by atoms with Gasteiger partial charge in [0.2, 0.25) is 5.91 Å². The number of rotatable bonds is 4. The van der Waals surface area contributed by atoms with Gasteiger partial charge in [0.25, 0.3) is 0 Å². The lowest BCUT2D eigenvalue weighted by Crippen LogP contribution is -2.28. The van der Waals surface area contributed by atoms with E-state index in [1.807, 2.05) is 31.2 Å². The van der Waals surface area contributed by atoms with E-state index in [0.29, 0.717) is 5.92 Å². The zero-order valence-electron chi connectivity index (χ0n) is 12.8. The average molecular weight is 314 g/mol. The van der Waals surface area contributed by atoms with E-state index in [0.717, 1.165) is 22.6 Å². The Morgan fingerprint density at radius 1 is 1.23 bits per heavy atom. The molecule has 0 heterocycles. The fourth-order valence-electron chi connectivity index (χ4n) is 2.85. The van der Waals surface area contributed by atoms with Crippen molar-refractivity contribution < 1.29 is 4.79 Å². The summed E-state index contributed by atoms with van der Waals surface area (Å²) in [5, 5.41) is 3.85. The highest BCUT2D eigenvalue weighted by atomic mass is 35.5. The van der Waals surface area contributed by atoms with E-state index in [4.69, 9.17) is 11.6 Å². The Hall–Kier alpha value is -1.80. The van der Waals surface area contributed by atoms with Crippen LogP contribution in [0.1, 0.15) is 42.0 Å². The number of benzene rings is 2. The Morgan fingerprint density at radius 2 is 1.95 bits per heavy atom. The van der Waals surface area contributed by atoms with Gasteiger partial charge in [-0.1, -0.05) is 53.6 Å². The minimum absolute atomic E-state index is 0.0358. The molecule has 2 aromatic carbocycles. The number of amides is 1. The van der Waals surface area contributed by atoms with Crippen molar-refractivity contribution in [2.45, 2.75) is 32.2 Å². The first-order chi connectivity index (χ1) is 10.5. The molecule has 0 aromatic heterocycles. The van der Waals surface area contributed by atoms with Crippen LogP contribution in [0.25, 0.3) is 0 Å². The normalized spacial score (nSPS) is 21.2. The number of hydrogen-bond donors (Lipinski definition) is 1. The number of nitrogens with one attached hydrogen (secondary N) is 1. The summed E-state index contributed by atoms with van der Waals surface area (Å²) in [4.78, 5) is 12.4. The van der Waals surface area contributed by atoms with Crippen LogP contribution in [0.2, 0.25) is 5.02 Å². The molecule has 3 heteroatoms. The van der Waals surface area contributed by atoms with Gasteiger partial charge in [-0.15, -0.1) is 0 Å². The zero-order valence-corrected chi connectivity index (χ0v) is 13.6. The van der Waals surface area contributed by atoms with E-state index in [9.17, 15) is 4.79 Å². The van der Waals surface area contributed by atoms with Crippen molar-refractivity contribution in [3.63, 3.8) is 0 Å². The predicted octanol–water partition coefficient (Wildman–Crippen LogP) is 4.63. The van der Waals surface area contributed by atoms with Crippen molar-refractivity contribution in [1.29, 1.82) is 0 Å². The van der Waals surface area contributed by atoms with E-state index in [-0.39, 0.29) is 17.9 Å². The van der Waals surface area contributed by atoms with Crippen molar-refractivity contribution >= 4 is 17.5 Å². The standard InChI is InChI=1S/C19H20ClNO/c1-12-6-8-14(9-7-12)13(2)21-19(22)18-11-17(18)15-4-3-5-16(20)10-15/h3-10,13,17-18H,11H2,1-2H3,(H,21,22). The molecule has 0 aliphatic heterocycles. The second kappa shape index (κ2) is 6.13. The Morgan fingerprint density at radius 3 is 2.64 bits per heavy atom. The molecular formula is C19H20ClNO. The maximum absolute atomic E-state index is 12.4. The molecule has 1 aliphatic carbocycles. The van der Waals surface area contributed by atoms with Crippen molar-refractivity contribution in [2.24, 2.45) is 5.92 Å². The Labute approximate surface area is 136 Å². The quantitative estimate of drug-likeness (QED) is 0.876. The average Bonchev–Trinajstić information content (AvgIpc) is 3.28. The van der Waals surface area contributed by atoms with Gasteiger partial charge < -0.3 is 5.32 Å². The molecule has 0 spiro atoms. The molecule has 114 valence electrons. The second-order valence-corrected chi connectivity index (χ2v) is 6.58. The molecule has 0 bridgehead atoms. The molecule has 3 atom stereocenters. The van der Waals surface area contributed by atoms with Crippen LogP contribution in [-0.2, 0) is 4.79 Å². The van der Waals surface area contributed by atoms with Gasteiger partial charge in [0.1, 0.15) is 0 Å². The van der Waals surface area contributed by atoms with Crippen LogP contribution in [0.15, 0.2) is 48.5 Å². The highest BCUT2D eigenvalue weighted by Gasteiger charge is 2.44. The third-order valence-corrected chi connectivity index (χ3v) is 4.58. The van der Waals surface area contributed by atoms with Gasteiger partial charge in [-0.25, -0.2) is 0 Å². The summed E-state index contributed by atoms with van der Waals surface area (Å²) in [5.41, 5.74) is 3.53. The van der Waals surface area contributed by atoms with Crippen molar-refractivity contribution in [3.8, 4) is 0 Å². The monoisotopic (exact) mass is 313 g/mol. The van der Waals surface area contributed by atoms with E-state index < -0.39 is 0 Å². The second-order valence-electron chi connectivity index (χ2n) is 6.14. The van der Waals surface area contributed by atoms with E-state index >= 15 is 0 Å². The summed E-state index contributed by atoms with van der Waals surface area (Å²) in [6.07, 6.45) is 0.910. The lowest BCUT2D eigenvalue weighted by molar-refractivity contribution is -0.123. The van der Waals surface area contributed by atoms with Crippen LogP contribution in [0.4, 0.5) is 0 Å². The smallest absolute Gasteiger partial charge is 0.224 e. The molecular weight excluding hydrogens is 294 g/mol. The van der Waals surface area contributed by atoms with Gasteiger partial charge in [0.05, 0.1) is 6.04 Å². The van der Waals surface area contributed by atoms with Gasteiger partial charge in [0, 0.05) is 10.9 Å². The largest absolute Gasteiger partial charge is 0.349 e. The first-order valence-corrected chi connectivity index (χ1v) is 8.05. The molecule has 3 unspecified atom stereocenters. The van der Waals surface area contributed by atoms with E-state index in [1.165, 1.54) is 5.56 Å². The lowest BCUT2D eigenvalue weighted by atomic mass is 10.1. The van der Waals surface area contributed by atoms with Crippen LogP contribution in [-0.4, -0.2) is 5.91 Å². The van der Waals surface area contributed by atoms with Crippen molar-refractivity contribution in [1.82, 2.24) is 5.32 Å². The molecule has 1 fully saturated rings. The summed E-state index contributed by atoms with van der Waals surface area (Å²) in [5.74, 6) is 0.522. The topological polar surface area (TPSA) is 29.1 Å². The van der Waals surface area contributed by atoms with Crippen LogP contribution >= 0.6 is 11.6 Å². The van der Waals surface area contributed by atoms with Crippen LogP contribution in [0, 0.1) is 12.8 Å². The molecule has 0 saturated heterocycles. The number of carbonyl (C=O) groups excluding carboxylic acids is 1. The Bertz CT molecular complexity index is 680. The van der Waals surface area contributed by atoms with E-state index in [1.54, 1.807) is 0 Å². The van der Waals surface area contributed by atoms with Crippen LogP contribution in [0.5, 0.6) is 0 Å². The van der Waals surface area contributed by atoms with Crippen molar-refractivity contribution in [3.05, 3.63) is 70.2 Å². The molecule has 0 radical (unpaired) electrons. The SMILES string of the molecule is Cc1ccc(C(C)NC(=O)C2CC2c2cccc(Cl)c2)cc1. The molecule has 1 amide bonds. The third-order valence-electron chi connectivity index (χ3n) is 4.34. The maximum Gasteiger partial charge on any atom is 0.224 e. The summed E-state index contributed by atoms with van der Waals surface area (Å²) in [7, 11) is 0. The molecule has 2 aromatic rings. The van der Waals surface area contributed by atoms with Gasteiger partial charge in [-0.2, -0.15) is 0 Å². The molecule has 1 aliphatic rings.